The van der Waals surface area contributed by atoms with Crippen molar-refractivity contribution in [2.24, 2.45) is 0 Å². The molecule has 2 rings (SSSR count). The molecule has 0 saturated carbocycles. The minimum Gasteiger partial charge on any atom is -0.458 e. The van der Waals surface area contributed by atoms with E-state index < -0.39 is 5.97 Å². The van der Waals surface area contributed by atoms with Gasteiger partial charge in [-0.2, -0.15) is 0 Å². The Morgan fingerprint density at radius 2 is 2.12 bits per heavy atom. The molecule has 17 heavy (non-hydrogen) atoms. The number of hydrogen-bond donors (Lipinski definition) is 1. The van der Waals surface area contributed by atoms with Gasteiger partial charge in [0.05, 0.1) is 6.10 Å². The van der Waals surface area contributed by atoms with Gasteiger partial charge in [0.2, 0.25) is 0 Å². The number of carbonyl (C=O) groups is 1. The number of aromatic nitrogens is 1. The molecule has 90 valence electrons. The quantitative estimate of drug-likeness (QED) is 0.668. The number of ether oxygens (including phenoxy) is 1. The van der Waals surface area contributed by atoms with Crippen LogP contribution in [0.2, 0.25) is 0 Å². The summed E-state index contributed by atoms with van der Waals surface area (Å²) >= 11 is 1.91. The van der Waals surface area contributed by atoms with Crippen molar-refractivity contribution in [2.45, 2.75) is 20.0 Å². The largest absolute Gasteiger partial charge is 0.458 e. The molecule has 3 nitrogen and oxygen atoms in total. The van der Waals surface area contributed by atoms with E-state index in [1.54, 1.807) is 26.0 Å². The Morgan fingerprint density at radius 1 is 1.41 bits per heavy atom. The van der Waals surface area contributed by atoms with Gasteiger partial charge in [0, 0.05) is 14.5 Å². The molecule has 0 saturated heterocycles. The number of aromatic amines is 1. The SMILES string of the molecule is CC(C)OC(=O)c1cc2cc(I)c(F)cc2[nH]1. The second-order valence-electron chi connectivity index (χ2n) is 3.99. The van der Waals surface area contributed by atoms with Crippen LogP contribution in [0.1, 0.15) is 24.3 Å². The Hall–Kier alpha value is -1.11. The van der Waals surface area contributed by atoms with Crippen molar-refractivity contribution < 1.29 is 13.9 Å². The van der Waals surface area contributed by atoms with E-state index in [2.05, 4.69) is 4.98 Å². The number of nitrogens with one attached hydrogen (secondary N) is 1. The van der Waals surface area contributed by atoms with E-state index in [0.717, 1.165) is 5.39 Å². The maximum atomic E-state index is 13.3. The highest BCUT2D eigenvalue weighted by Gasteiger charge is 2.13. The van der Waals surface area contributed by atoms with Gasteiger partial charge in [0.1, 0.15) is 11.5 Å². The van der Waals surface area contributed by atoms with Crippen LogP contribution in [-0.2, 0) is 4.74 Å². The van der Waals surface area contributed by atoms with E-state index in [9.17, 15) is 9.18 Å². The van der Waals surface area contributed by atoms with Crippen LogP contribution in [0.3, 0.4) is 0 Å². The summed E-state index contributed by atoms with van der Waals surface area (Å²) in [5, 5.41) is 0.798. The van der Waals surface area contributed by atoms with Gasteiger partial charge < -0.3 is 9.72 Å². The summed E-state index contributed by atoms with van der Waals surface area (Å²) in [7, 11) is 0. The molecular weight excluding hydrogens is 336 g/mol. The highest BCUT2D eigenvalue weighted by atomic mass is 127. The molecule has 0 fully saturated rings. The third kappa shape index (κ3) is 2.59. The normalized spacial score (nSPS) is 11.1. The maximum Gasteiger partial charge on any atom is 0.355 e. The maximum absolute atomic E-state index is 13.3. The molecule has 1 aromatic heterocycles. The number of fused-ring (bicyclic) bond motifs is 1. The molecular formula is C12H11FINO2. The molecule has 0 spiro atoms. The van der Waals surface area contributed by atoms with E-state index in [0.29, 0.717) is 14.8 Å². The first-order valence-corrected chi connectivity index (χ1v) is 6.24. The third-order valence-corrected chi connectivity index (χ3v) is 3.05. The van der Waals surface area contributed by atoms with E-state index in [1.807, 2.05) is 22.6 Å². The van der Waals surface area contributed by atoms with Crippen molar-refractivity contribution in [3.8, 4) is 0 Å². The van der Waals surface area contributed by atoms with Crippen LogP contribution in [0.4, 0.5) is 4.39 Å². The Kier molecular flexibility index (Phi) is 3.37. The molecule has 0 bridgehead atoms. The molecule has 0 radical (unpaired) electrons. The van der Waals surface area contributed by atoms with E-state index in [4.69, 9.17) is 4.74 Å². The second kappa shape index (κ2) is 4.64. The average molecular weight is 347 g/mol. The van der Waals surface area contributed by atoms with Crippen LogP contribution in [0, 0.1) is 9.39 Å². The van der Waals surface area contributed by atoms with Gasteiger partial charge >= 0.3 is 5.97 Å². The lowest BCUT2D eigenvalue weighted by atomic mass is 10.2. The standard InChI is InChI=1S/C12H11FINO2/c1-6(2)17-12(16)11-4-7-3-9(14)8(13)5-10(7)15-11/h3-6,15H,1-2H3. The molecule has 1 N–H and O–H groups in total. The molecule has 0 aliphatic heterocycles. The van der Waals surface area contributed by atoms with E-state index in [1.165, 1.54) is 6.07 Å². The van der Waals surface area contributed by atoms with Crippen molar-refractivity contribution in [3.05, 3.63) is 33.3 Å². The van der Waals surface area contributed by atoms with Gasteiger partial charge in [-0.1, -0.05) is 0 Å². The number of carbonyl (C=O) groups excluding carboxylic acids is 1. The molecule has 2 aromatic rings. The van der Waals surface area contributed by atoms with Crippen molar-refractivity contribution in [3.63, 3.8) is 0 Å². The summed E-state index contributed by atoms with van der Waals surface area (Å²) in [4.78, 5) is 14.5. The summed E-state index contributed by atoms with van der Waals surface area (Å²) in [6, 6.07) is 4.73. The van der Waals surface area contributed by atoms with Crippen molar-refractivity contribution in [1.82, 2.24) is 4.98 Å². The summed E-state index contributed by atoms with van der Waals surface area (Å²) in [6.07, 6.45) is -0.175. The molecule has 0 aliphatic carbocycles. The van der Waals surface area contributed by atoms with E-state index >= 15 is 0 Å². The highest BCUT2D eigenvalue weighted by molar-refractivity contribution is 14.1. The zero-order valence-corrected chi connectivity index (χ0v) is 11.5. The summed E-state index contributed by atoms with van der Waals surface area (Å²) in [6.45, 7) is 3.56. The molecule has 1 aromatic carbocycles. The Bertz CT molecular complexity index is 538. The smallest absolute Gasteiger partial charge is 0.355 e. The van der Waals surface area contributed by atoms with Crippen LogP contribution < -0.4 is 0 Å². The fourth-order valence-corrected chi connectivity index (χ4v) is 2.01. The number of H-pyrrole nitrogens is 1. The lowest BCUT2D eigenvalue weighted by Crippen LogP contribution is -2.11. The van der Waals surface area contributed by atoms with Crippen LogP contribution in [0.5, 0.6) is 0 Å². The first kappa shape index (κ1) is 12.3. The summed E-state index contributed by atoms with van der Waals surface area (Å²) < 4.78 is 18.9. The van der Waals surface area contributed by atoms with E-state index in [-0.39, 0.29) is 11.9 Å². The van der Waals surface area contributed by atoms with Gasteiger partial charge in [-0.05, 0) is 54.6 Å². The molecule has 0 unspecified atom stereocenters. The third-order valence-electron chi connectivity index (χ3n) is 2.22. The van der Waals surface area contributed by atoms with Crippen LogP contribution in [0.25, 0.3) is 10.9 Å². The average Bonchev–Trinajstić information content (AvgIpc) is 2.60. The molecule has 1 heterocycles. The molecule has 0 amide bonds. The molecule has 0 atom stereocenters. The number of rotatable bonds is 2. The van der Waals surface area contributed by atoms with Crippen LogP contribution in [-0.4, -0.2) is 17.1 Å². The number of halogens is 2. The van der Waals surface area contributed by atoms with Gasteiger partial charge in [-0.3, -0.25) is 0 Å². The number of benzene rings is 1. The first-order valence-electron chi connectivity index (χ1n) is 5.16. The fourth-order valence-electron chi connectivity index (χ4n) is 1.51. The Labute approximate surface area is 111 Å². The van der Waals surface area contributed by atoms with Crippen molar-refractivity contribution >= 4 is 39.5 Å². The van der Waals surface area contributed by atoms with Crippen LogP contribution >= 0.6 is 22.6 Å². The first-order chi connectivity index (χ1) is 7.97. The van der Waals surface area contributed by atoms with Crippen LogP contribution in [0.15, 0.2) is 18.2 Å². The highest BCUT2D eigenvalue weighted by Crippen LogP contribution is 2.21. The predicted molar refractivity (Wildman–Crippen MR) is 71.5 cm³/mol. The zero-order valence-electron chi connectivity index (χ0n) is 9.38. The van der Waals surface area contributed by atoms with Crippen molar-refractivity contribution in [1.29, 1.82) is 0 Å². The number of hydrogen-bond acceptors (Lipinski definition) is 2. The van der Waals surface area contributed by atoms with Gasteiger partial charge in [-0.15, -0.1) is 0 Å². The topological polar surface area (TPSA) is 42.1 Å². The second-order valence-corrected chi connectivity index (χ2v) is 5.15. The fraction of sp³-hybridized carbons (Fsp3) is 0.250. The van der Waals surface area contributed by atoms with Crippen molar-refractivity contribution in [2.75, 3.05) is 0 Å². The minimum atomic E-state index is -0.424. The lowest BCUT2D eigenvalue weighted by molar-refractivity contribution is 0.0372. The zero-order chi connectivity index (χ0) is 12.6. The lowest BCUT2D eigenvalue weighted by Gasteiger charge is -2.05. The van der Waals surface area contributed by atoms with Gasteiger partial charge in [0.25, 0.3) is 0 Å². The van der Waals surface area contributed by atoms with Gasteiger partial charge in [-0.25, -0.2) is 9.18 Å². The number of esters is 1. The Morgan fingerprint density at radius 3 is 2.76 bits per heavy atom. The minimum absolute atomic E-state index is 0.175. The molecule has 5 heteroatoms. The monoisotopic (exact) mass is 347 g/mol. The predicted octanol–water partition coefficient (Wildman–Crippen LogP) is 3.48. The summed E-state index contributed by atoms with van der Waals surface area (Å²) in [5.74, 6) is -0.727. The van der Waals surface area contributed by atoms with Gasteiger partial charge in [0.15, 0.2) is 0 Å². The molecule has 0 aliphatic rings. The Balaban J connectivity index is 2.41. The summed E-state index contributed by atoms with van der Waals surface area (Å²) in [5.41, 5.74) is 0.939.